The van der Waals surface area contributed by atoms with E-state index in [0.717, 1.165) is 66.0 Å². The first-order chi connectivity index (χ1) is 15.6. The van der Waals surface area contributed by atoms with Crippen LogP contribution < -0.4 is 0 Å². The van der Waals surface area contributed by atoms with Crippen molar-refractivity contribution in [3.8, 4) is 0 Å². The van der Waals surface area contributed by atoms with E-state index in [1.54, 1.807) is 11.8 Å². The molecule has 32 heavy (non-hydrogen) atoms. The Kier molecular flexibility index (Phi) is 7.45. The molecule has 1 aliphatic heterocycles. The lowest BCUT2D eigenvalue weighted by molar-refractivity contribution is 0.0647. The highest BCUT2D eigenvalue weighted by Crippen LogP contribution is 2.29. The van der Waals surface area contributed by atoms with Crippen molar-refractivity contribution >= 4 is 23.7 Å². The Balaban J connectivity index is 1.33. The minimum atomic E-state index is 0.117. The molecule has 0 radical (unpaired) electrons. The summed E-state index contributed by atoms with van der Waals surface area (Å²) in [4.78, 5) is 18.6. The Labute approximate surface area is 194 Å². The van der Waals surface area contributed by atoms with Gasteiger partial charge >= 0.3 is 0 Å². The van der Waals surface area contributed by atoms with E-state index in [0.29, 0.717) is 0 Å². The van der Waals surface area contributed by atoms with Crippen molar-refractivity contribution in [2.45, 2.75) is 24.5 Å². The third kappa shape index (κ3) is 5.50. The number of carbonyl (C=O) groups excluding carboxylic acids is 1. The standard InChI is InChI=1S/C26H29N3O2S/c1-20-24(21(2)31-27-20)19-32-25-13-7-6-12-23(25)26(30)29-17-15-28(16-18-29)14-8-11-22-9-4-3-5-10-22/h3-13H,14-19H2,1-2H3. The van der Waals surface area contributed by atoms with Gasteiger partial charge in [0.25, 0.3) is 5.91 Å². The van der Waals surface area contributed by atoms with Gasteiger partial charge in [0.05, 0.1) is 11.3 Å². The number of aryl methyl sites for hydroxylation is 2. The Morgan fingerprint density at radius 1 is 1.03 bits per heavy atom. The number of hydrogen-bond donors (Lipinski definition) is 0. The van der Waals surface area contributed by atoms with Gasteiger partial charge in [0, 0.05) is 48.9 Å². The van der Waals surface area contributed by atoms with E-state index in [1.807, 2.05) is 49.1 Å². The predicted molar refractivity (Wildman–Crippen MR) is 130 cm³/mol. The number of amides is 1. The van der Waals surface area contributed by atoms with Crippen molar-refractivity contribution in [1.29, 1.82) is 0 Å². The number of benzene rings is 2. The van der Waals surface area contributed by atoms with Crippen LogP contribution in [0, 0.1) is 13.8 Å². The van der Waals surface area contributed by atoms with Gasteiger partial charge in [0.15, 0.2) is 0 Å². The summed E-state index contributed by atoms with van der Waals surface area (Å²) in [5.41, 5.74) is 4.01. The average molecular weight is 448 g/mol. The molecule has 4 rings (SSSR count). The summed E-state index contributed by atoms with van der Waals surface area (Å²) in [6.45, 7) is 8.07. The monoisotopic (exact) mass is 447 g/mol. The Morgan fingerprint density at radius 3 is 2.47 bits per heavy atom. The van der Waals surface area contributed by atoms with Crippen LogP contribution in [0.25, 0.3) is 6.08 Å². The predicted octanol–water partition coefficient (Wildman–Crippen LogP) is 5.05. The van der Waals surface area contributed by atoms with Crippen molar-refractivity contribution in [2.24, 2.45) is 0 Å². The van der Waals surface area contributed by atoms with E-state index in [-0.39, 0.29) is 5.91 Å². The van der Waals surface area contributed by atoms with Gasteiger partial charge in [-0.3, -0.25) is 9.69 Å². The molecule has 166 valence electrons. The van der Waals surface area contributed by atoms with Gasteiger partial charge in [0.2, 0.25) is 0 Å². The van der Waals surface area contributed by atoms with E-state index in [1.165, 1.54) is 5.56 Å². The van der Waals surface area contributed by atoms with E-state index in [2.05, 4.69) is 46.5 Å². The molecular weight excluding hydrogens is 418 g/mol. The number of aromatic nitrogens is 1. The molecule has 0 bridgehead atoms. The van der Waals surface area contributed by atoms with Gasteiger partial charge in [-0.2, -0.15) is 0 Å². The molecule has 1 aliphatic rings. The average Bonchev–Trinajstić information content (AvgIpc) is 3.15. The van der Waals surface area contributed by atoms with Crippen LogP contribution >= 0.6 is 11.8 Å². The smallest absolute Gasteiger partial charge is 0.255 e. The van der Waals surface area contributed by atoms with E-state index in [9.17, 15) is 4.79 Å². The molecule has 1 aromatic heterocycles. The fourth-order valence-electron chi connectivity index (χ4n) is 3.83. The van der Waals surface area contributed by atoms with Gasteiger partial charge in [0.1, 0.15) is 5.76 Å². The lowest BCUT2D eigenvalue weighted by Gasteiger charge is -2.34. The van der Waals surface area contributed by atoms with Crippen LogP contribution in [-0.2, 0) is 5.75 Å². The topological polar surface area (TPSA) is 49.6 Å². The normalized spacial score (nSPS) is 14.9. The molecule has 2 heterocycles. The Morgan fingerprint density at radius 2 is 1.75 bits per heavy atom. The van der Waals surface area contributed by atoms with Gasteiger partial charge in [-0.05, 0) is 31.5 Å². The van der Waals surface area contributed by atoms with Gasteiger partial charge in [-0.1, -0.05) is 59.8 Å². The van der Waals surface area contributed by atoms with Crippen molar-refractivity contribution in [2.75, 3.05) is 32.7 Å². The van der Waals surface area contributed by atoms with Crippen LogP contribution in [0.3, 0.4) is 0 Å². The van der Waals surface area contributed by atoms with Crippen molar-refractivity contribution in [3.05, 3.63) is 88.8 Å². The molecule has 0 N–H and O–H groups in total. The van der Waals surface area contributed by atoms with Crippen molar-refractivity contribution < 1.29 is 9.32 Å². The third-order valence-electron chi connectivity index (χ3n) is 5.80. The van der Waals surface area contributed by atoms with Gasteiger partial charge < -0.3 is 9.42 Å². The molecular formula is C26H29N3O2S. The number of thioether (sulfide) groups is 1. The van der Waals surface area contributed by atoms with E-state index < -0.39 is 0 Å². The SMILES string of the molecule is Cc1noc(C)c1CSc1ccccc1C(=O)N1CCN(CC=Cc2ccccc2)CC1. The number of carbonyl (C=O) groups is 1. The zero-order chi connectivity index (χ0) is 22.3. The molecule has 1 fully saturated rings. The minimum absolute atomic E-state index is 0.117. The zero-order valence-corrected chi connectivity index (χ0v) is 19.5. The molecule has 3 aromatic rings. The second kappa shape index (κ2) is 10.7. The Bertz CT molecular complexity index is 1050. The summed E-state index contributed by atoms with van der Waals surface area (Å²) in [5.74, 6) is 1.70. The highest BCUT2D eigenvalue weighted by molar-refractivity contribution is 7.98. The highest BCUT2D eigenvalue weighted by Gasteiger charge is 2.23. The molecule has 0 unspecified atom stereocenters. The number of piperazine rings is 1. The van der Waals surface area contributed by atoms with Crippen molar-refractivity contribution in [1.82, 2.24) is 15.0 Å². The van der Waals surface area contributed by atoms with Gasteiger partial charge in [-0.25, -0.2) is 0 Å². The van der Waals surface area contributed by atoms with Crippen LogP contribution in [0.5, 0.6) is 0 Å². The lowest BCUT2D eigenvalue weighted by Crippen LogP contribution is -2.48. The minimum Gasteiger partial charge on any atom is -0.361 e. The molecule has 0 atom stereocenters. The maximum absolute atomic E-state index is 13.3. The van der Waals surface area contributed by atoms with E-state index in [4.69, 9.17) is 4.52 Å². The molecule has 0 spiro atoms. The second-order valence-electron chi connectivity index (χ2n) is 7.99. The van der Waals surface area contributed by atoms with Crippen LogP contribution in [0.1, 0.15) is 32.9 Å². The quantitative estimate of drug-likeness (QED) is 0.474. The second-order valence-corrected chi connectivity index (χ2v) is 9.01. The Hall–Kier alpha value is -2.83. The molecule has 2 aromatic carbocycles. The van der Waals surface area contributed by atoms with Crippen LogP contribution in [0.4, 0.5) is 0 Å². The molecule has 0 saturated carbocycles. The number of rotatable bonds is 7. The lowest BCUT2D eigenvalue weighted by atomic mass is 10.1. The van der Waals surface area contributed by atoms with Crippen LogP contribution in [0.15, 0.2) is 70.1 Å². The summed E-state index contributed by atoms with van der Waals surface area (Å²) in [7, 11) is 0. The summed E-state index contributed by atoms with van der Waals surface area (Å²) in [6.07, 6.45) is 4.36. The molecule has 0 aliphatic carbocycles. The first kappa shape index (κ1) is 22.4. The first-order valence-electron chi connectivity index (χ1n) is 11.0. The van der Waals surface area contributed by atoms with Crippen LogP contribution in [-0.4, -0.2) is 53.6 Å². The largest absolute Gasteiger partial charge is 0.361 e. The molecule has 6 heteroatoms. The first-order valence-corrected chi connectivity index (χ1v) is 12.0. The number of hydrogen-bond acceptors (Lipinski definition) is 5. The zero-order valence-electron chi connectivity index (χ0n) is 18.7. The fourth-order valence-corrected chi connectivity index (χ4v) is 5.03. The summed E-state index contributed by atoms with van der Waals surface area (Å²) in [5, 5.41) is 4.03. The van der Waals surface area contributed by atoms with Crippen LogP contribution in [0.2, 0.25) is 0 Å². The molecule has 1 amide bonds. The summed E-state index contributed by atoms with van der Waals surface area (Å²) in [6, 6.07) is 18.2. The maximum atomic E-state index is 13.3. The van der Waals surface area contributed by atoms with E-state index >= 15 is 0 Å². The highest BCUT2D eigenvalue weighted by atomic mass is 32.2. The summed E-state index contributed by atoms with van der Waals surface area (Å²) >= 11 is 1.67. The molecule has 1 saturated heterocycles. The third-order valence-corrected chi connectivity index (χ3v) is 6.90. The fraction of sp³-hybridized carbons (Fsp3) is 0.308. The molecule has 5 nitrogen and oxygen atoms in total. The summed E-state index contributed by atoms with van der Waals surface area (Å²) < 4.78 is 5.27. The number of nitrogens with zero attached hydrogens (tertiary/aromatic N) is 3. The van der Waals surface area contributed by atoms with Gasteiger partial charge in [-0.15, -0.1) is 11.8 Å². The maximum Gasteiger partial charge on any atom is 0.255 e. The van der Waals surface area contributed by atoms with Crippen molar-refractivity contribution in [3.63, 3.8) is 0 Å².